The predicted octanol–water partition coefficient (Wildman–Crippen LogP) is 5.24. The van der Waals surface area contributed by atoms with E-state index in [1.54, 1.807) is 6.07 Å². The Labute approximate surface area is 122 Å². The summed E-state index contributed by atoms with van der Waals surface area (Å²) >= 11 is 12.0. The van der Waals surface area contributed by atoms with Crippen LogP contribution in [0.2, 0.25) is 10.0 Å². The Morgan fingerprint density at radius 3 is 2.42 bits per heavy atom. The van der Waals surface area contributed by atoms with Crippen molar-refractivity contribution in [2.24, 2.45) is 0 Å². The molecule has 1 aromatic carbocycles. The van der Waals surface area contributed by atoms with Gasteiger partial charge in [-0.05, 0) is 43.5 Å². The molecule has 0 bridgehead atoms. The zero-order chi connectivity index (χ0) is 13.2. The monoisotopic (exact) mass is 295 g/mol. The highest BCUT2D eigenvalue weighted by Crippen LogP contribution is 2.32. The largest absolute Gasteiger partial charge is 0.441 e. The molecule has 0 amide bonds. The lowest BCUT2D eigenvalue weighted by molar-refractivity contribution is 0.507. The Morgan fingerprint density at radius 2 is 1.68 bits per heavy atom. The van der Waals surface area contributed by atoms with Crippen molar-refractivity contribution in [1.82, 2.24) is 0 Å². The van der Waals surface area contributed by atoms with Crippen LogP contribution in [0.4, 0.5) is 5.88 Å². The molecule has 1 aromatic heterocycles. The first-order valence-electron chi connectivity index (χ1n) is 6.54. The molecule has 100 valence electrons. The molecule has 0 aliphatic carbocycles. The summed E-state index contributed by atoms with van der Waals surface area (Å²) in [4.78, 5) is 2.30. The van der Waals surface area contributed by atoms with Crippen LogP contribution in [0.3, 0.4) is 0 Å². The lowest BCUT2D eigenvalue weighted by Crippen LogP contribution is -2.28. The predicted molar refractivity (Wildman–Crippen MR) is 80.2 cm³/mol. The Bertz CT molecular complexity index is 573. The van der Waals surface area contributed by atoms with E-state index in [4.69, 9.17) is 27.6 Å². The van der Waals surface area contributed by atoms with Crippen LogP contribution in [0, 0.1) is 0 Å². The van der Waals surface area contributed by atoms with Crippen molar-refractivity contribution in [2.75, 3.05) is 18.0 Å². The number of rotatable bonds is 2. The van der Waals surface area contributed by atoms with Crippen LogP contribution in [-0.2, 0) is 0 Å². The molecule has 0 spiro atoms. The van der Waals surface area contributed by atoms with Crippen molar-refractivity contribution < 1.29 is 4.42 Å². The number of hydrogen-bond acceptors (Lipinski definition) is 2. The molecule has 2 aromatic rings. The van der Waals surface area contributed by atoms with E-state index < -0.39 is 0 Å². The van der Waals surface area contributed by atoms with Crippen molar-refractivity contribution in [3.05, 3.63) is 40.4 Å². The van der Waals surface area contributed by atoms with Gasteiger partial charge in [0.1, 0.15) is 5.76 Å². The number of hydrogen-bond donors (Lipinski definition) is 0. The fourth-order valence-electron chi connectivity index (χ4n) is 2.42. The lowest BCUT2D eigenvalue weighted by Gasteiger charge is -2.25. The van der Waals surface area contributed by atoms with Crippen LogP contribution in [-0.4, -0.2) is 13.1 Å². The number of nitrogens with zero attached hydrogens (tertiary/aromatic N) is 1. The van der Waals surface area contributed by atoms with Gasteiger partial charge < -0.3 is 9.32 Å². The molecular formula is C15H15Cl2NO. The van der Waals surface area contributed by atoms with Crippen LogP contribution in [0.25, 0.3) is 11.3 Å². The van der Waals surface area contributed by atoms with Crippen LogP contribution in [0.15, 0.2) is 34.7 Å². The highest BCUT2D eigenvalue weighted by molar-refractivity contribution is 6.42. The van der Waals surface area contributed by atoms with Crippen molar-refractivity contribution >= 4 is 29.1 Å². The summed E-state index contributed by atoms with van der Waals surface area (Å²) in [5.41, 5.74) is 0.956. The van der Waals surface area contributed by atoms with Gasteiger partial charge in [0.15, 0.2) is 5.88 Å². The Morgan fingerprint density at radius 1 is 0.895 bits per heavy atom. The fraction of sp³-hybridized carbons (Fsp3) is 0.333. The zero-order valence-corrected chi connectivity index (χ0v) is 12.0. The van der Waals surface area contributed by atoms with Gasteiger partial charge in [0.2, 0.25) is 0 Å². The van der Waals surface area contributed by atoms with E-state index in [2.05, 4.69) is 4.90 Å². The molecule has 0 saturated carbocycles. The number of piperidine rings is 1. The second kappa shape index (κ2) is 5.48. The van der Waals surface area contributed by atoms with E-state index in [0.29, 0.717) is 10.0 Å². The number of benzene rings is 1. The van der Waals surface area contributed by atoms with Gasteiger partial charge in [-0.25, -0.2) is 0 Å². The first-order chi connectivity index (χ1) is 9.24. The summed E-state index contributed by atoms with van der Waals surface area (Å²) in [5, 5.41) is 1.11. The molecule has 4 heteroatoms. The van der Waals surface area contributed by atoms with Crippen LogP contribution < -0.4 is 4.90 Å². The average molecular weight is 296 g/mol. The topological polar surface area (TPSA) is 16.4 Å². The van der Waals surface area contributed by atoms with Gasteiger partial charge in [-0.3, -0.25) is 0 Å². The number of halogens is 2. The molecule has 1 aliphatic rings. The van der Waals surface area contributed by atoms with E-state index in [0.717, 1.165) is 30.3 Å². The summed E-state index contributed by atoms with van der Waals surface area (Å²) in [6.07, 6.45) is 3.79. The number of anilines is 1. The minimum atomic E-state index is 0.551. The molecule has 0 atom stereocenters. The molecule has 0 N–H and O–H groups in total. The third kappa shape index (κ3) is 2.75. The lowest BCUT2D eigenvalue weighted by atomic mass is 10.1. The Balaban J connectivity index is 1.85. The number of furan rings is 1. The van der Waals surface area contributed by atoms with E-state index >= 15 is 0 Å². The molecule has 19 heavy (non-hydrogen) atoms. The standard InChI is InChI=1S/C15H15Cl2NO/c16-12-5-4-11(10-13(12)17)14-6-7-15(19-14)18-8-2-1-3-9-18/h4-7,10H,1-3,8-9H2. The van der Waals surface area contributed by atoms with E-state index in [1.807, 2.05) is 24.3 Å². The van der Waals surface area contributed by atoms with Crippen molar-refractivity contribution in [1.29, 1.82) is 0 Å². The van der Waals surface area contributed by atoms with Gasteiger partial charge in [0.05, 0.1) is 10.0 Å². The van der Waals surface area contributed by atoms with E-state index in [-0.39, 0.29) is 0 Å². The smallest absolute Gasteiger partial charge is 0.196 e. The van der Waals surface area contributed by atoms with Gasteiger partial charge in [-0.2, -0.15) is 0 Å². The molecular weight excluding hydrogens is 281 g/mol. The minimum absolute atomic E-state index is 0.551. The third-order valence-electron chi connectivity index (χ3n) is 3.46. The second-order valence-corrected chi connectivity index (χ2v) is 5.63. The quantitative estimate of drug-likeness (QED) is 0.753. The molecule has 1 saturated heterocycles. The molecule has 0 radical (unpaired) electrons. The molecule has 0 unspecified atom stereocenters. The molecule has 2 heterocycles. The van der Waals surface area contributed by atoms with Crippen molar-refractivity contribution in [3.63, 3.8) is 0 Å². The van der Waals surface area contributed by atoms with Crippen molar-refractivity contribution in [2.45, 2.75) is 19.3 Å². The second-order valence-electron chi connectivity index (χ2n) is 4.81. The SMILES string of the molecule is Clc1ccc(-c2ccc(N3CCCCC3)o2)cc1Cl. The summed E-state index contributed by atoms with van der Waals surface area (Å²) in [5.74, 6) is 1.78. The van der Waals surface area contributed by atoms with Gasteiger partial charge in [0, 0.05) is 24.7 Å². The first kappa shape index (κ1) is 12.9. The van der Waals surface area contributed by atoms with Gasteiger partial charge >= 0.3 is 0 Å². The molecule has 3 rings (SSSR count). The Kier molecular flexibility index (Phi) is 3.72. The molecule has 2 nitrogen and oxygen atoms in total. The first-order valence-corrected chi connectivity index (χ1v) is 7.30. The molecule has 1 fully saturated rings. The highest BCUT2D eigenvalue weighted by atomic mass is 35.5. The minimum Gasteiger partial charge on any atom is -0.441 e. The highest BCUT2D eigenvalue weighted by Gasteiger charge is 2.15. The Hall–Kier alpha value is -1.12. The summed E-state index contributed by atoms with van der Waals surface area (Å²) in [6.45, 7) is 2.16. The van der Waals surface area contributed by atoms with Gasteiger partial charge in [-0.1, -0.05) is 23.2 Å². The third-order valence-corrected chi connectivity index (χ3v) is 4.20. The maximum Gasteiger partial charge on any atom is 0.196 e. The summed E-state index contributed by atoms with van der Waals surface area (Å²) in [6, 6.07) is 9.57. The normalized spacial score (nSPS) is 15.8. The fourth-order valence-corrected chi connectivity index (χ4v) is 2.71. The summed E-state index contributed by atoms with van der Waals surface area (Å²) < 4.78 is 5.93. The van der Waals surface area contributed by atoms with E-state index in [9.17, 15) is 0 Å². The van der Waals surface area contributed by atoms with Crippen LogP contribution in [0.1, 0.15) is 19.3 Å². The van der Waals surface area contributed by atoms with Crippen molar-refractivity contribution in [3.8, 4) is 11.3 Å². The van der Waals surface area contributed by atoms with Gasteiger partial charge in [-0.15, -0.1) is 0 Å². The maximum absolute atomic E-state index is 6.04. The average Bonchev–Trinajstić information content (AvgIpc) is 2.93. The van der Waals surface area contributed by atoms with Crippen LogP contribution in [0.5, 0.6) is 0 Å². The zero-order valence-electron chi connectivity index (χ0n) is 10.5. The summed E-state index contributed by atoms with van der Waals surface area (Å²) in [7, 11) is 0. The van der Waals surface area contributed by atoms with Gasteiger partial charge in [0.25, 0.3) is 0 Å². The maximum atomic E-state index is 6.04. The molecule has 1 aliphatic heterocycles. The van der Waals surface area contributed by atoms with Crippen LogP contribution >= 0.6 is 23.2 Å². The van der Waals surface area contributed by atoms with E-state index in [1.165, 1.54) is 19.3 Å².